The molecule has 0 bridgehead atoms. The fourth-order valence-corrected chi connectivity index (χ4v) is 2.30. The Balaban J connectivity index is 2.42. The van der Waals surface area contributed by atoms with Gasteiger partial charge in [-0.25, -0.2) is 9.97 Å². The molecule has 0 amide bonds. The summed E-state index contributed by atoms with van der Waals surface area (Å²) in [7, 11) is 1.66. The molecule has 0 fully saturated rings. The molecule has 0 unspecified atom stereocenters. The predicted molar refractivity (Wildman–Crippen MR) is 86.4 cm³/mol. The molecular weight excluding hydrogens is 262 g/mol. The Morgan fingerprint density at radius 1 is 1.05 bits per heavy atom. The fourth-order valence-electron chi connectivity index (χ4n) is 2.30. The van der Waals surface area contributed by atoms with Gasteiger partial charge < -0.3 is 10.1 Å². The molecule has 1 heterocycles. The lowest BCUT2D eigenvalue weighted by Gasteiger charge is -2.10. The Hall–Kier alpha value is -1.94. The number of hydrogen-bond acceptors (Lipinski definition) is 4. The summed E-state index contributed by atoms with van der Waals surface area (Å²) in [5.74, 6) is 1.56. The van der Waals surface area contributed by atoms with Crippen LogP contribution in [-0.4, -0.2) is 23.6 Å². The van der Waals surface area contributed by atoms with Crippen molar-refractivity contribution in [1.82, 2.24) is 9.97 Å². The number of aryl methyl sites for hydroxylation is 2. The third-order valence-corrected chi connectivity index (χ3v) is 3.12. The quantitative estimate of drug-likeness (QED) is 0.878. The molecular formula is C17H23N3O. The van der Waals surface area contributed by atoms with Crippen LogP contribution in [0.15, 0.2) is 24.3 Å². The van der Waals surface area contributed by atoms with E-state index in [0.717, 1.165) is 30.0 Å². The van der Waals surface area contributed by atoms with Crippen molar-refractivity contribution in [3.05, 3.63) is 41.2 Å². The van der Waals surface area contributed by atoms with Crippen molar-refractivity contribution in [2.75, 3.05) is 19.0 Å². The second-order valence-corrected chi connectivity index (χ2v) is 5.29. The highest BCUT2D eigenvalue weighted by atomic mass is 16.5. The molecule has 1 aromatic carbocycles. The van der Waals surface area contributed by atoms with E-state index in [4.69, 9.17) is 4.74 Å². The van der Waals surface area contributed by atoms with Gasteiger partial charge in [-0.05, 0) is 32.4 Å². The van der Waals surface area contributed by atoms with E-state index in [1.54, 1.807) is 7.11 Å². The molecule has 2 aromatic rings. The van der Waals surface area contributed by atoms with E-state index in [9.17, 15) is 0 Å². The summed E-state index contributed by atoms with van der Waals surface area (Å²) in [4.78, 5) is 9.09. The normalized spacial score (nSPS) is 10.7. The van der Waals surface area contributed by atoms with Crippen LogP contribution in [0.25, 0.3) is 11.3 Å². The zero-order chi connectivity index (χ0) is 15.2. The molecule has 0 saturated carbocycles. The van der Waals surface area contributed by atoms with E-state index in [1.165, 1.54) is 11.1 Å². The van der Waals surface area contributed by atoms with Crippen molar-refractivity contribution in [1.29, 1.82) is 0 Å². The minimum atomic E-state index is 0.416. The van der Waals surface area contributed by atoms with Gasteiger partial charge >= 0.3 is 0 Å². The van der Waals surface area contributed by atoms with Crippen molar-refractivity contribution in [3.63, 3.8) is 0 Å². The number of ether oxygens (including phenoxy) is 1. The van der Waals surface area contributed by atoms with E-state index < -0.39 is 0 Å². The largest absolute Gasteiger partial charge is 0.377 e. The number of aromatic nitrogens is 2. The van der Waals surface area contributed by atoms with Gasteiger partial charge in [-0.15, -0.1) is 0 Å². The summed E-state index contributed by atoms with van der Waals surface area (Å²) in [5.41, 5.74) is 4.52. The molecule has 4 nitrogen and oxygen atoms in total. The molecule has 21 heavy (non-hydrogen) atoms. The Bertz CT molecular complexity index is 591. The number of nitrogens with zero attached hydrogens (tertiary/aromatic N) is 2. The monoisotopic (exact) mass is 285 g/mol. The van der Waals surface area contributed by atoms with E-state index in [2.05, 4.69) is 54.3 Å². The summed E-state index contributed by atoms with van der Waals surface area (Å²) in [6, 6.07) is 8.46. The molecule has 112 valence electrons. The first-order valence-electron chi connectivity index (χ1n) is 7.31. The SMILES string of the molecule is CCCNc1cc(-c2cc(C)cc(C)c2)nc(COC)n1. The first-order valence-corrected chi connectivity index (χ1v) is 7.31. The van der Waals surface area contributed by atoms with Crippen LogP contribution in [0.3, 0.4) is 0 Å². The second-order valence-electron chi connectivity index (χ2n) is 5.29. The number of nitrogens with one attached hydrogen (secondary N) is 1. The highest BCUT2D eigenvalue weighted by molar-refractivity contribution is 5.64. The van der Waals surface area contributed by atoms with Gasteiger partial charge in [-0.3, -0.25) is 0 Å². The minimum Gasteiger partial charge on any atom is -0.377 e. The lowest BCUT2D eigenvalue weighted by Crippen LogP contribution is -2.06. The van der Waals surface area contributed by atoms with E-state index in [-0.39, 0.29) is 0 Å². The highest BCUT2D eigenvalue weighted by Crippen LogP contribution is 2.23. The number of benzene rings is 1. The Labute approximate surface area is 126 Å². The van der Waals surface area contributed by atoms with Crippen LogP contribution in [0.1, 0.15) is 30.3 Å². The number of anilines is 1. The minimum absolute atomic E-state index is 0.416. The van der Waals surface area contributed by atoms with Crippen molar-refractivity contribution in [3.8, 4) is 11.3 Å². The Kier molecular flexibility index (Phi) is 5.28. The van der Waals surface area contributed by atoms with Gasteiger partial charge in [0.25, 0.3) is 0 Å². The number of methoxy groups -OCH3 is 1. The maximum absolute atomic E-state index is 5.17. The average molecular weight is 285 g/mol. The van der Waals surface area contributed by atoms with Gasteiger partial charge in [-0.1, -0.05) is 24.1 Å². The standard InChI is InChI=1S/C17H23N3O/c1-5-6-18-16-10-15(19-17(20-16)11-21-4)14-8-12(2)7-13(3)9-14/h7-10H,5-6,11H2,1-4H3,(H,18,19,20). The fraction of sp³-hybridized carbons (Fsp3) is 0.412. The smallest absolute Gasteiger partial charge is 0.157 e. The van der Waals surface area contributed by atoms with Crippen LogP contribution in [0.5, 0.6) is 0 Å². The zero-order valence-electron chi connectivity index (χ0n) is 13.2. The molecule has 0 atom stereocenters. The predicted octanol–water partition coefficient (Wildman–Crippen LogP) is 3.73. The first kappa shape index (κ1) is 15.4. The molecule has 4 heteroatoms. The molecule has 1 N–H and O–H groups in total. The van der Waals surface area contributed by atoms with Gasteiger partial charge in [0.2, 0.25) is 0 Å². The van der Waals surface area contributed by atoms with Crippen LogP contribution in [0.2, 0.25) is 0 Å². The van der Waals surface area contributed by atoms with Crippen LogP contribution in [0, 0.1) is 13.8 Å². The summed E-state index contributed by atoms with van der Waals surface area (Å²) in [6.07, 6.45) is 1.06. The summed E-state index contributed by atoms with van der Waals surface area (Å²) < 4.78 is 5.17. The maximum Gasteiger partial charge on any atom is 0.157 e. The molecule has 0 saturated heterocycles. The van der Waals surface area contributed by atoms with Crippen LogP contribution < -0.4 is 5.32 Å². The van der Waals surface area contributed by atoms with E-state index >= 15 is 0 Å². The van der Waals surface area contributed by atoms with E-state index in [1.807, 2.05) is 6.07 Å². The van der Waals surface area contributed by atoms with Crippen LogP contribution >= 0.6 is 0 Å². The van der Waals surface area contributed by atoms with Gasteiger partial charge in [0.05, 0.1) is 5.69 Å². The maximum atomic E-state index is 5.17. The molecule has 1 aromatic heterocycles. The summed E-state index contributed by atoms with van der Waals surface area (Å²) in [6.45, 7) is 7.65. The van der Waals surface area contributed by atoms with Gasteiger partial charge in [0, 0.05) is 25.3 Å². The topological polar surface area (TPSA) is 47.0 Å². The lowest BCUT2D eigenvalue weighted by atomic mass is 10.0. The highest BCUT2D eigenvalue weighted by Gasteiger charge is 2.07. The first-order chi connectivity index (χ1) is 10.1. The third kappa shape index (κ3) is 4.26. The van der Waals surface area contributed by atoms with Crippen molar-refractivity contribution in [2.45, 2.75) is 33.8 Å². The van der Waals surface area contributed by atoms with Gasteiger partial charge in [0.1, 0.15) is 12.4 Å². The van der Waals surface area contributed by atoms with Crippen LogP contribution in [0.4, 0.5) is 5.82 Å². The van der Waals surface area contributed by atoms with Gasteiger partial charge in [-0.2, -0.15) is 0 Å². The van der Waals surface area contributed by atoms with Crippen molar-refractivity contribution in [2.24, 2.45) is 0 Å². The van der Waals surface area contributed by atoms with Crippen molar-refractivity contribution < 1.29 is 4.74 Å². The molecule has 0 radical (unpaired) electrons. The van der Waals surface area contributed by atoms with E-state index in [0.29, 0.717) is 12.4 Å². The molecule has 0 aliphatic carbocycles. The van der Waals surface area contributed by atoms with Gasteiger partial charge in [0.15, 0.2) is 5.82 Å². The second kappa shape index (κ2) is 7.18. The third-order valence-electron chi connectivity index (χ3n) is 3.12. The molecule has 0 aliphatic heterocycles. The molecule has 0 aliphatic rings. The Morgan fingerprint density at radius 2 is 1.76 bits per heavy atom. The summed E-state index contributed by atoms with van der Waals surface area (Å²) >= 11 is 0. The summed E-state index contributed by atoms with van der Waals surface area (Å²) in [5, 5.41) is 3.33. The average Bonchev–Trinajstić information content (AvgIpc) is 2.44. The lowest BCUT2D eigenvalue weighted by molar-refractivity contribution is 0.178. The molecule has 0 spiro atoms. The number of hydrogen-bond donors (Lipinski definition) is 1. The van der Waals surface area contributed by atoms with Crippen LogP contribution in [-0.2, 0) is 11.3 Å². The zero-order valence-corrected chi connectivity index (χ0v) is 13.2. The molecule has 2 rings (SSSR count). The Morgan fingerprint density at radius 3 is 2.38 bits per heavy atom. The van der Waals surface area contributed by atoms with Crippen molar-refractivity contribution >= 4 is 5.82 Å². The number of rotatable bonds is 6.